The molecule has 0 nitrogen and oxygen atoms in total. The minimum atomic E-state index is 0. The fourth-order valence-corrected chi connectivity index (χ4v) is 1.99. The van der Waals surface area contributed by atoms with Gasteiger partial charge in [-0.1, -0.05) is 41.8 Å². The maximum Gasteiger partial charge on any atom is 0 e. The van der Waals surface area contributed by atoms with Crippen LogP contribution in [0.15, 0.2) is 36.4 Å². The van der Waals surface area contributed by atoms with Crippen molar-refractivity contribution in [2.45, 2.75) is 20.8 Å². The Morgan fingerprint density at radius 3 is 1.78 bits per heavy atom. The Bertz CT molecular complexity index is 444. The second-order valence-electron chi connectivity index (χ2n) is 3.94. The standard InChI is InChI=1S/C14H15.3ClH.V/c1-10-7-8-13(9-10)14-11(2)5-4-6-12(14)3;;;;/h4-9H,1-3H3;3*1H;/q-1;;;;. The Balaban J connectivity index is -0.000000562. The summed E-state index contributed by atoms with van der Waals surface area (Å²) in [5, 5.41) is 0. The van der Waals surface area contributed by atoms with E-state index in [4.69, 9.17) is 0 Å². The third-order valence-corrected chi connectivity index (χ3v) is 2.68. The van der Waals surface area contributed by atoms with Crippen LogP contribution in [0.1, 0.15) is 16.7 Å². The number of hydrogen-bond donors (Lipinski definition) is 0. The number of rotatable bonds is 1. The maximum atomic E-state index is 2.25. The minimum Gasteiger partial charge on any atom is -0.206 e. The summed E-state index contributed by atoms with van der Waals surface area (Å²) in [7, 11) is 0. The summed E-state index contributed by atoms with van der Waals surface area (Å²) >= 11 is 0. The molecule has 0 spiro atoms. The minimum absolute atomic E-state index is 0. The fourth-order valence-electron chi connectivity index (χ4n) is 1.99. The zero-order valence-corrected chi connectivity index (χ0v) is 14.5. The molecule has 0 aromatic heterocycles. The molecule has 0 saturated heterocycles. The van der Waals surface area contributed by atoms with E-state index in [0.717, 1.165) is 0 Å². The molecule has 0 fully saturated rings. The van der Waals surface area contributed by atoms with E-state index in [1.165, 1.54) is 27.8 Å². The number of hydrogen-bond acceptors (Lipinski definition) is 0. The molecule has 0 amide bonds. The van der Waals surface area contributed by atoms with Crippen molar-refractivity contribution in [3.05, 3.63) is 53.1 Å². The van der Waals surface area contributed by atoms with E-state index in [1.807, 2.05) is 0 Å². The molecule has 4 heteroatoms. The van der Waals surface area contributed by atoms with E-state index in [-0.39, 0.29) is 55.8 Å². The summed E-state index contributed by atoms with van der Waals surface area (Å²) in [5.41, 5.74) is 6.78. The van der Waals surface area contributed by atoms with E-state index in [9.17, 15) is 0 Å². The van der Waals surface area contributed by atoms with Crippen LogP contribution in [-0.4, -0.2) is 0 Å². The number of benzene rings is 1. The third-order valence-electron chi connectivity index (χ3n) is 2.68. The molecule has 0 N–H and O–H groups in total. The first-order chi connectivity index (χ1) is 6.68. The summed E-state index contributed by atoms with van der Waals surface area (Å²) < 4.78 is 0. The van der Waals surface area contributed by atoms with E-state index < -0.39 is 0 Å². The molecular weight excluding hydrogens is 325 g/mol. The van der Waals surface area contributed by atoms with Crippen LogP contribution in [0.2, 0.25) is 0 Å². The van der Waals surface area contributed by atoms with Gasteiger partial charge in [-0.3, -0.25) is 0 Å². The molecule has 0 atom stereocenters. The van der Waals surface area contributed by atoms with Gasteiger partial charge in [0.2, 0.25) is 0 Å². The Kier molecular flexibility index (Phi) is 12.7. The van der Waals surface area contributed by atoms with Gasteiger partial charge in [0.25, 0.3) is 0 Å². The van der Waals surface area contributed by atoms with Crippen LogP contribution in [0.4, 0.5) is 0 Å². The van der Waals surface area contributed by atoms with Crippen LogP contribution in [0.5, 0.6) is 0 Å². The predicted molar refractivity (Wildman–Crippen MR) is 83.4 cm³/mol. The number of halogens is 3. The molecule has 101 valence electrons. The van der Waals surface area contributed by atoms with Crippen molar-refractivity contribution in [1.29, 1.82) is 0 Å². The summed E-state index contributed by atoms with van der Waals surface area (Å²) in [4.78, 5) is 0. The molecule has 2 aromatic carbocycles. The van der Waals surface area contributed by atoms with Gasteiger partial charge in [-0.05, 0) is 13.8 Å². The molecule has 0 aliphatic rings. The Morgan fingerprint density at radius 2 is 1.39 bits per heavy atom. The summed E-state index contributed by atoms with van der Waals surface area (Å²) in [5.74, 6) is 0. The average molecular weight is 344 g/mol. The van der Waals surface area contributed by atoms with Crippen LogP contribution in [0.25, 0.3) is 11.1 Å². The molecule has 18 heavy (non-hydrogen) atoms. The zero-order valence-electron chi connectivity index (χ0n) is 10.6. The van der Waals surface area contributed by atoms with E-state index in [2.05, 4.69) is 57.2 Å². The van der Waals surface area contributed by atoms with Crippen molar-refractivity contribution in [3.8, 4) is 11.1 Å². The van der Waals surface area contributed by atoms with Crippen molar-refractivity contribution in [3.63, 3.8) is 0 Å². The molecule has 0 aliphatic carbocycles. The second-order valence-corrected chi connectivity index (χ2v) is 3.94. The van der Waals surface area contributed by atoms with Gasteiger partial charge >= 0.3 is 0 Å². The smallest absolute Gasteiger partial charge is 0 e. The molecule has 2 aromatic rings. The fraction of sp³-hybridized carbons (Fsp3) is 0.214. The van der Waals surface area contributed by atoms with Gasteiger partial charge in [-0.2, -0.15) is 23.3 Å². The topological polar surface area (TPSA) is 0 Å². The zero-order chi connectivity index (χ0) is 10.1. The molecule has 0 saturated carbocycles. The molecule has 0 bridgehead atoms. The predicted octanol–water partition coefficient (Wildman–Crippen LogP) is 5.26. The normalized spacial score (nSPS) is 8.17. The van der Waals surface area contributed by atoms with Crippen molar-refractivity contribution in [2.75, 3.05) is 0 Å². The largest absolute Gasteiger partial charge is 0.206 e. The van der Waals surface area contributed by atoms with Gasteiger partial charge in [-0.15, -0.1) is 37.2 Å². The Hall–Kier alpha value is 0.0244. The first kappa shape index (κ1) is 23.1. The van der Waals surface area contributed by atoms with E-state index >= 15 is 0 Å². The van der Waals surface area contributed by atoms with Crippen LogP contribution in [-0.2, 0) is 18.6 Å². The van der Waals surface area contributed by atoms with Gasteiger partial charge < -0.3 is 0 Å². The van der Waals surface area contributed by atoms with Gasteiger partial charge in [0.15, 0.2) is 0 Å². The second kappa shape index (κ2) is 9.89. The van der Waals surface area contributed by atoms with Gasteiger partial charge in [0.1, 0.15) is 0 Å². The maximum absolute atomic E-state index is 2.25. The van der Waals surface area contributed by atoms with Gasteiger partial charge in [0, 0.05) is 18.6 Å². The third kappa shape index (κ3) is 4.95. The van der Waals surface area contributed by atoms with Crippen LogP contribution in [0, 0.1) is 20.8 Å². The summed E-state index contributed by atoms with van der Waals surface area (Å²) in [6.07, 6.45) is 0. The van der Waals surface area contributed by atoms with Gasteiger partial charge in [0.05, 0.1) is 0 Å². The monoisotopic (exact) mass is 342 g/mol. The Labute approximate surface area is 140 Å². The van der Waals surface area contributed by atoms with Crippen molar-refractivity contribution in [1.82, 2.24) is 0 Å². The van der Waals surface area contributed by atoms with E-state index in [0.29, 0.717) is 0 Å². The van der Waals surface area contributed by atoms with Crippen molar-refractivity contribution < 1.29 is 18.6 Å². The average Bonchev–Trinajstić information content (AvgIpc) is 2.51. The molecule has 2 rings (SSSR count). The number of aryl methyl sites for hydroxylation is 3. The first-order valence-corrected chi connectivity index (χ1v) is 4.98. The molecular formula is C14H18Cl3V-. The quantitative estimate of drug-likeness (QED) is 0.620. The molecule has 0 unspecified atom stereocenters. The Morgan fingerprint density at radius 1 is 0.889 bits per heavy atom. The molecule has 0 heterocycles. The summed E-state index contributed by atoms with van der Waals surface area (Å²) in [6, 6.07) is 13.1. The van der Waals surface area contributed by atoms with Crippen molar-refractivity contribution in [2.24, 2.45) is 0 Å². The summed E-state index contributed by atoms with van der Waals surface area (Å²) in [6.45, 7) is 6.48. The molecule has 0 aliphatic heterocycles. The SMILES string of the molecule is Cc1cccc(C)c1-c1cc[c-](C)c1.Cl.Cl.Cl.[V]. The van der Waals surface area contributed by atoms with Crippen LogP contribution < -0.4 is 0 Å². The van der Waals surface area contributed by atoms with Crippen LogP contribution in [0.3, 0.4) is 0 Å². The van der Waals surface area contributed by atoms with Crippen molar-refractivity contribution >= 4 is 37.2 Å². The van der Waals surface area contributed by atoms with E-state index in [1.54, 1.807) is 0 Å². The molecule has 1 radical (unpaired) electrons. The first-order valence-electron chi connectivity index (χ1n) is 4.98. The van der Waals surface area contributed by atoms with Crippen LogP contribution >= 0.6 is 37.2 Å². The van der Waals surface area contributed by atoms with Gasteiger partial charge in [-0.25, -0.2) is 6.07 Å².